The van der Waals surface area contributed by atoms with E-state index in [1.165, 1.54) is 0 Å². The first kappa shape index (κ1) is 14.3. The monoisotopic (exact) mass is 268 g/mol. The van der Waals surface area contributed by atoms with Crippen molar-refractivity contribution in [3.05, 3.63) is 65.9 Å². The Balaban J connectivity index is 2.38. The summed E-state index contributed by atoms with van der Waals surface area (Å²) in [7, 11) is 3.69. The van der Waals surface area contributed by atoms with Gasteiger partial charge in [0.05, 0.1) is 0 Å². The minimum atomic E-state index is -0.681. The molecule has 0 saturated heterocycles. The Morgan fingerprint density at radius 3 is 2.65 bits per heavy atom. The molecule has 1 aromatic rings. The molecule has 0 saturated carbocycles. The van der Waals surface area contributed by atoms with Crippen molar-refractivity contribution in [1.29, 1.82) is 0 Å². The average molecular weight is 268 g/mol. The number of allylic oxidation sites excluding steroid dienone is 1. The van der Waals surface area contributed by atoms with E-state index in [2.05, 4.69) is 17.2 Å². The van der Waals surface area contributed by atoms with Crippen molar-refractivity contribution in [1.82, 2.24) is 10.6 Å². The van der Waals surface area contributed by atoms with Crippen molar-refractivity contribution in [2.24, 2.45) is 0 Å². The Bertz CT molecular complexity index is 586. The number of benzene rings is 1. The minimum Gasteiger partial charge on any atom is -0.388 e. The quantitative estimate of drug-likeness (QED) is 0.806. The molecular formula is C17H20N2O. The molecular weight excluding hydrogens is 248 g/mol. The average Bonchev–Trinajstić information content (AvgIpc) is 2.54. The van der Waals surface area contributed by atoms with Crippen molar-refractivity contribution < 1.29 is 4.79 Å². The van der Waals surface area contributed by atoms with Crippen LogP contribution in [0, 0.1) is 0 Å². The summed E-state index contributed by atoms with van der Waals surface area (Å²) in [6.45, 7) is 3.78. The number of carbonyl (C=O) groups excluding carboxylic acids is 1. The lowest BCUT2D eigenvalue weighted by Gasteiger charge is -2.31. The van der Waals surface area contributed by atoms with Crippen LogP contribution in [0.1, 0.15) is 22.3 Å². The topological polar surface area (TPSA) is 41.1 Å². The van der Waals surface area contributed by atoms with Crippen molar-refractivity contribution >= 4 is 11.9 Å². The van der Waals surface area contributed by atoms with Crippen LogP contribution in [0.3, 0.4) is 0 Å². The Morgan fingerprint density at radius 1 is 1.35 bits per heavy atom. The van der Waals surface area contributed by atoms with Gasteiger partial charge in [0, 0.05) is 18.3 Å². The second kappa shape index (κ2) is 5.88. The number of hydrogen-bond acceptors (Lipinski definition) is 3. The van der Waals surface area contributed by atoms with Crippen LogP contribution in [0.4, 0.5) is 0 Å². The number of nitrogens with one attached hydrogen (secondary N) is 2. The van der Waals surface area contributed by atoms with Gasteiger partial charge >= 0.3 is 0 Å². The van der Waals surface area contributed by atoms with E-state index in [1.807, 2.05) is 56.6 Å². The van der Waals surface area contributed by atoms with Crippen LogP contribution in [0.2, 0.25) is 0 Å². The maximum Gasteiger partial charge on any atom is 0.187 e. The van der Waals surface area contributed by atoms with Crippen LogP contribution in [0.15, 0.2) is 54.8 Å². The van der Waals surface area contributed by atoms with Gasteiger partial charge in [0.2, 0.25) is 0 Å². The summed E-state index contributed by atoms with van der Waals surface area (Å²) in [5.74, 6) is 0.0677. The highest BCUT2D eigenvalue weighted by Crippen LogP contribution is 2.26. The summed E-state index contributed by atoms with van der Waals surface area (Å²) >= 11 is 0. The van der Waals surface area contributed by atoms with Gasteiger partial charge < -0.3 is 10.6 Å². The van der Waals surface area contributed by atoms with E-state index in [4.69, 9.17) is 0 Å². The largest absolute Gasteiger partial charge is 0.388 e. The molecule has 1 unspecified atom stereocenters. The fourth-order valence-corrected chi connectivity index (χ4v) is 2.41. The highest BCUT2D eigenvalue weighted by atomic mass is 16.1. The third kappa shape index (κ3) is 2.45. The van der Waals surface area contributed by atoms with Gasteiger partial charge in [-0.25, -0.2) is 0 Å². The van der Waals surface area contributed by atoms with E-state index >= 15 is 0 Å². The smallest absolute Gasteiger partial charge is 0.187 e. The van der Waals surface area contributed by atoms with E-state index in [1.54, 1.807) is 6.08 Å². The Hall–Kier alpha value is -2.13. The molecule has 0 aliphatic heterocycles. The van der Waals surface area contributed by atoms with Crippen molar-refractivity contribution in [2.45, 2.75) is 12.0 Å². The summed E-state index contributed by atoms with van der Waals surface area (Å²) in [4.78, 5) is 12.9. The second-order valence-electron chi connectivity index (χ2n) is 4.79. The Kier molecular flexibility index (Phi) is 4.20. The summed E-state index contributed by atoms with van der Waals surface area (Å²) in [6.07, 6.45) is 8.25. The fraction of sp³-hybridized carbons (Fsp3) is 0.235. The van der Waals surface area contributed by atoms with Gasteiger partial charge in [-0.1, -0.05) is 49.1 Å². The molecule has 104 valence electrons. The van der Waals surface area contributed by atoms with Crippen LogP contribution in [0.25, 0.3) is 6.08 Å². The van der Waals surface area contributed by atoms with Gasteiger partial charge in [-0.05, 0) is 25.1 Å². The zero-order chi connectivity index (χ0) is 14.6. The first-order chi connectivity index (χ1) is 9.66. The summed E-state index contributed by atoms with van der Waals surface area (Å²) < 4.78 is 0. The second-order valence-corrected chi connectivity index (χ2v) is 4.79. The Labute approximate surface area is 120 Å². The molecule has 20 heavy (non-hydrogen) atoms. The predicted octanol–water partition coefficient (Wildman–Crippen LogP) is 2.53. The lowest BCUT2D eigenvalue weighted by atomic mass is 9.81. The molecule has 2 rings (SSSR count). The first-order valence-corrected chi connectivity index (χ1v) is 6.69. The molecule has 0 heterocycles. The highest BCUT2D eigenvalue weighted by molar-refractivity contribution is 6.07. The standard InChI is InChI=1S/C17H20N2O/c1-4-13-7-5-6-8-15(13)16(20)17(19-3)11-9-14(18-2)10-12-17/h4-11,18-19H,1,12H2,2-3H3. The molecule has 1 aliphatic rings. The molecule has 1 atom stereocenters. The van der Waals surface area contributed by atoms with Crippen molar-refractivity contribution in [3.63, 3.8) is 0 Å². The first-order valence-electron chi connectivity index (χ1n) is 6.69. The number of ketones is 1. The SMILES string of the molecule is C=Cc1ccccc1C(=O)C1(NC)C=CC(NC)=CC1. The molecule has 0 fully saturated rings. The zero-order valence-electron chi connectivity index (χ0n) is 11.9. The fourth-order valence-electron chi connectivity index (χ4n) is 2.41. The molecule has 1 aliphatic carbocycles. The van der Waals surface area contributed by atoms with E-state index < -0.39 is 5.54 Å². The highest BCUT2D eigenvalue weighted by Gasteiger charge is 2.36. The van der Waals surface area contributed by atoms with Crippen LogP contribution in [0.5, 0.6) is 0 Å². The summed E-state index contributed by atoms with van der Waals surface area (Å²) in [5, 5.41) is 6.25. The molecule has 0 bridgehead atoms. The normalized spacial score (nSPS) is 21.2. The maximum atomic E-state index is 12.9. The molecule has 0 aromatic heterocycles. The van der Waals surface area contributed by atoms with Crippen LogP contribution in [-0.4, -0.2) is 25.4 Å². The van der Waals surface area contributed by atoms with E-state index in [0.29, 0.717) is 12.0 Å². The molecule has 0 spiro atoms. The van der Waals surface area contributed by atoms with E-state index in [9.17, 15) is 4.79 Å². The third-order valence-corrected chi connectivity index (χ3v) is 3.76. The van der Waals surface area contributed by atoms with Gasteiger partial charge in [-0.3, -0.25) is 4.79 Å². The van der Waals surface area contributed by atoms with Gasteiger partial charge in [0.25, 0.3) is 0 Å². The molecule has 3 heteroatoms. The van der Waals surface area contributed by atoms with Gasteiger partial charge in [-0.15, -0.1) is 0 Å². The molecule has 0 amide bonds. The summed E-state index contributed by atoms with van der Waals surface area (Å²) in [6, 6.07) is 7.55. The maximum absolute atomic E-state index is 12.9. The molecule has 2 N–H and O–H groups in total. The van der Waals surface area contributed by atoms with Crippen molar-refractivity contribution in [2.75, 3.05) is 14.1 Å². The van der Waals surface area contributed by atoms with Gasteiger partial charge in [0.15, 0.2) is 5.78 Å². The minimum absolute atomic E-state index is 0.0677. The zero-order valence-corrected chi connectivity index (χ0v) is 11.9. The molecule has 3 nitrogen and oxygen atoms in total. The van der Waals surface area contributed by atoms with E-state index in [0.717, 1.165) is 11.3 Å². The Morgan fingerprint density at radius 2 is 2.10 bits per heavy atom. The number of carbonyl (C=O) groups is 1. The van der Waals surface area contributed by atoms with Gasteiger partial charge in [-0.2, -0.15) is 0 Å². The lowest BCUT2D eigenvalue weighted by Crippen LogP contribution is -2.49. The van der Waals surface area contributed by atoms with Gasteiger partial charge in [0.1, 0.15) is 5.54 Å². The number of hydrogen-bond donors (Lipinski definition) is 2. The molecule has 0 radical (unpaired) electrons. The summed E-state index contributed by atoms with van der Waals surface area (Å²) in [5.41, 5.74) is 1.91. The van der Waals surface area contributed by atoms with Crippen LogP contribution < -0.4 is 10.6 Å². The van der Waals surface area contributed by atoms with Crippen LogP contribution >= 0.6 is 0 Å². The van der Waals surface area contributed by atoms with Crippen molar-refractivity contribution in [3.8, 4) is 0 Å². The number of likely N-dealkylation sites (N-methyl/N-ethyl adjacent to an activating group) is 2. The molecule has 1 aromatic carbocycles. The van der Waals surface area contributed by atoms with E-state index in [-0.39, 0.29) is 5.78 Å². The number of Topliss-reactive ketones (excluding diaryl/α,β-unsaturated/α-hetero) is 1. The number of rotatable bonds is 5. The predicted molar refractivity (Wildman–Crippen MR) is 83.6 cm³/mol. The van der Waals surface area contributed by atoms with Crippen LogP contribution in [-0.2, 0) is 0 Å². The third-order valence-electron chi connectivity index (χ3n) is 3.76. The lowest BCUT2D eigenvalue weighted by molar-refractivity contribution is 0.0898.